The van der Waals surface area contributed by atoms with E-state index in [-0.39, 0.29) is 19.8 Å². The van der Waals surface area contributed by atoms with Gasteiger partial charge >= 0.3 is 24.0 Å². The van der Waals surface area contributed by atoms with Crippen molar-refractivity contribution in [3.63, 3.8) is 0 Å². The van der Waals surface area contributed by atoms with Gasteiger partial charge in [0.15, 0.2) is 5.57 Å². The van der Waals surface area contributed by atoms with Crippen LogP contribution in [0, 0.1) is 0 Å². The largest absolute Gasteiger partial charge is 0.462 e. The van der Waals surface area contributed by atoms with E-state index in [1.54, 1.807) is 41.5 Å². The molecule has 0 fully saturated rings. The zero-order valence-corrected chi connectivity index (χ0v) is 16.0. The highest BCUT2D eigenvalue weighted by Gasteiger charge is 2.23. The van der Waals surface area contributed by atoms with Crippen molar-refractivity contribution in [2.75, 3.05) is 19.8 Å². The van der Waals surface area contributed by atoms with E-state index in [0.717, 1.165) is 0 Å². The molecule has 0 aromatic carbocycles. The van der Waals surface area contributed by atoms with Crippen LogP contribution in [0.25, 0.3) is 0 Å². The first-order valence-electron chi connectivity index (χ1n) is 8.22. The molecule has 0 aromatic heterocycles. The van der Waals surface area contributed by atoms with Gasteiger partial charge in [0.25, 0.3) is 0 Å². The van der Waals surface area contributed by atoms with E-state index in [4.69, 9.17) is 18.9 Å². The van der Waals surface area contributed by atoms with Crippen LogP contribution in [0.2, 0.25) is 0 Å². The zero-order chi connectivity index (χ0) is 20.3. The number of alkyl carbamates (subject to hydrolysis) is 1. The van der Waals surface area contributed by atoms with Crippen molar-refractivity contribution < 1.29 is 38.1 Å². The summed E-state index contributed by atoms with van der Waals surface area (Å²) in [5.74, 6) is -2.91. The van der Waals surface area contributed by atoms with Crippen molar-refractivity contribution in [1.29, 1.82) is 0 Å². The average molecular weight is 373 g/mol. The van der Waals surface area contributed by atoms with Crippen molar-refractivity contribution in [3.05, 3.63) is 11.6 Å². The molecule has 148 valence electrons. The predicted octanol–water partition coefficient (Wildman–Crippen LogP) is 1.50. The molecule has 0 aliphatic rings. The Balaban J connectivity index is 4.74. The second-order valence-electron chi connectivity index (χ2n) is 6.18. The summed E-state index contributed by atoms with van der Waals surface area (Å²) in [5.41, 5.74) is -1.22. The van der Waals surface area contributed by atoms with Gasteiger partial charge in [-0.25, -0.2) is 19.2 Å². The molecule has 0 aliphatic carbocycles. The molecule has 0 radical (unpaired) electrons. The van der Waals surface area contributed by atoms with E-state index in [0.29, 0.717) is 6.08 Å². The molecule has 1 atom stereocenters. The highest BCUT2D eigenvalue weighted by atomic mass is 16.6. The highest BCUT2D eigenvalue weighted by molar-refractivity contribution is 6.17. The first kappa shape index (κ1) is 23.4. The molecule has 1 N–H and O–H groups in total. The summed E-state index contributed by atoms with van der Waals surface area (Å²) in [4.78, 5) is 46.9. The molecule has 0 aromatic rings. The second kappa shape index (κ2) is 11.1. The number of hydrogen-bond acceptors (Lipinski definition) is 8. The third-order valence-corrected chi connectivity index (χ3v) is 2.49. The molecule has 1 amide bonds. The van der Waals surface area contributed by atoms with Crippen molar-refractivity contribution in [2.45, 2.75) is 53.2 Å². The topological polar surface area (TPSA) is 117 Å². The van der Waals surface area contributed by atoms with Crippen LogP contribution in [0.3, 0.4) is 0 Å². The summed E-state index contributed by atoms with van der Waals surface area (Å²) < 4.78 is 19.4. The highest BCUT2D eigenvalue weighted by Crippen LogP contribution is 2.07. The van der Waals surface area contributed by atoms with Gasteiger partial charge in [0.05, 0.1) is 19.3 Å². The molecule has 0 saturated heterocycles. The number of esters is 3. The lowest BCUT2D eigenvalue weighted by molar-refractivity contribution is -0.148. The van der Waals surface area contributed by atoms with Gasteiger partial charge in [0.2, 0.25) is 0 Å². The lowest BCUT2D eigenvalue weighted by Crippen LogP contribution is -2.40. The number of nitrogens with one attached hydrogen (secondary N) is 1. The van der Waals surface area contributed by atoms with Gasteiger partial charge in [-0.3, -0.25) is 0 Å². The van der Waals surface area contributed by atoms with Crippen molar-refractivity contribution in [1.82, 2.24) is 5.32 Å². The fourth-order valence-electron chi connectivity index (χ4n) is 1.54. The van der Waals surface area contributed by atoms with Crippen LogP contribution in [-0.4, -0.2) is 55.5 Å². The van der Waals surface area contributed by atoms with Crippen molar-refractivity contribution in [3.8, 4) is 0 Å². The lowest BCUT2D eigenvalue weighted by Gasteiger charge is -2.21. The van der Waals surface area contributed by atoms with Gasteiger partial charge in [-0.2, -0.15) is 0 Å². The van der Waals surface area contributed by atoms with E-state index < -0.39 is 41.2 Å². The molecule has 0 saturated carbocycles. The first-order valence-corrected chi connectivity index (χ1v) is 8.22. The molecule has 0 unspecified atom stereocenters. The van der Waals surface area contributed by atoms with Crippen LogP contribution in [-0.2, 0) is 33.3 Å². The maximum absolute atomic E-state index is 11.8. The number of amides is 1. The summed E-state index contributed by atoms with van der Waals surface area (Å²) in [5, 5.41) is 2.49. The van der Waals surface area contributed by atoms with Crippen LogP contribution in [0.5, 0.6) is 0 Å². The summed E-state index contributed by atoms with van der Waals surface area (Å²) in [6.45, 7) is 9.73. The van der Waals surface area contributed by atoms with Crippen LogP contribution in [0.1, 0.15) is 41.5 Å². The number of ether oxygens (including phenoxy) is 4. The Morgan fingerprint density at radius 2 is 1.46 bits per heavy atom. The third kappa shape index (κ3) is 10.3. The Bertz CT molecular complexity index is 527. The van der Waals surface area contributed by atoms with Crippen LogP contribution in [0.15, 0.2) is 11.6 Å². The standard InChI is InChI=1S/C17H27NO8/c1-7-23-14(20)12(15(21)24-8-2)9-13(19)25-10-11(3)18-16(22)26-17(4,5)6/h9,11H,7-8,10H2,1-6H3,(H,18,22)/t11-/m0/s1. The van der Waals surface area contributed by atoms with E-state index in [1.165, 1.54) is 0 Å². The van der Waals surface area contributed by atoms with Crippen LogP contribution in [0.4, 0.5) is 4.79 Å². The Morgan fingerprint density at radius 3 is 1.88 bits per heavy atom. The van der Waals surface area contributed by atoms with Gasteiger partial charge in [-0.1, -0.05) is 0 Å². The summed E-state index contributed by atoms with van der Waals surface area (Å²) in [7, 11) is 0. The predicted molar refractivity (Wildman–Crippen MR) is 91.1 cm³/mol. The van der Waals surface area contributed by atoms with Gasteiger partial charge < -0.3 is 24.3 Å². The number of rotatable bonds is 8. The molecule has 0 aliphatic heterocycles. The Kier molecular flexibility index (Phi) is 10.0. The number of carbonyl (C=O) groups excluding carboxylic acids is 4. The molecule has 26 heavy (non-hydrogen) atoms. The number of hydrogen-bond donors (Lipinski definition) is 1. The van der Waals surface area contributed by atoms with Gasteiger partial charge in [0.1, 0.15) is 12.2 Å². The van der Waals surface area contributed by atoms with Crippen molar-refractivity contribution >= 4 is 24.0 Å². The third-order valence-electron chi connectivity index (χ3n) is 2.49. The lowest BCUT2D eigenvalue weighted by atomic mass is 10.2. The fraction of sp³-hybridized carbons (Fsp3) is 0.647. The monoisotopic (exact) mass is 373 g/mol. The minimum atomic E-state index is -0.983. The van der Waals surface area contributed by atoms with Gasteiger partial charge in [0, 0.05) is 6.08 Å². The van der Waals surface area contributed by atoms with Gasteiger partial charge in [-0.05, 0) is 41.5 Å². The second-order valence-corrected chi connectivity index (χ2v) is 6.18. The molecule has 9 heteroatoms. The molecule has 0 bridgehead atoms. The normalized spacial score (nSPS) is 11.6. The summed E-state index contributed by atoms with van der Waals surface area (Å²) in [6, 6.07) is -0.546. The van der Waals surface area contributed by atoms with Crippen LogP contribution < -0.4 is 5.32 Å². The maximum Gasteiger partial charge on any atom is 0.407 e. The molecule has 9 nitrogen and oxygen atoms in total. The zero-order valence-electron chi connectivity index (χ0n) is 16.0. The quantitative estimate of drug-likeness (QED) is 0.224. The Morgan fingerprint density at radius 1 is 0.962 bits per heavy atom. The van der Waals surface area contributed by atoms with Gasteiger partial charge in [-0.15, -0.1) is 0 Å². The number of carbonyl (C=O) groups is 4. The van der Waals surface area contributed by atoms with Crippen LogP contribution >= 0.6 is 0 Å². The fourth-order valence-corrected chi connectivity index (χ4v) is 1.54. The minimum absolute atomic E-state index is 0.0292. The van der Waals surface area contributed by atoms with E-state index in [9.17, 15) is 19.2 Å². The van der Waals surface area contributed by atoms with E-state index in [1.807, 2.05) is 0 Å². The molecular weight excluding hydrogens is 346 g/mol. The molecule has 0 spiro atoms. The summed E-state index contributed by atoms with van der Waals surface area (Å²) >= 11 is 0. The maximum atomic E-state index is 11.8. The SMILES string of the molecule is CCOC(=O)C(=CC(=O)OC[C@H](C)NC(=O)OC(C)(C)C)C(=O)OCC. The summed E-state index contributed by atoms with van der Waals surface area (Å²) in [6.07, 6.45) is 0.0474. The average Bonchev–Trinajstić information content (AvgIpc) is 2.48. The molecule has 0 heterocycles. The van der Waals surface area contributed by atoms with E-state index >= 15 is 0 Å². The molecule has 0 rings (SSSR count). The first-order chi connectivity index (χ1) is 12.0. The van der Waals surface area contributed by atoms with E-state index in [2.05, 4.69) is 5.32 Å². The Hall–Kier alpha value is -2.58. The molecular formula is C17H27NO8. The Labute approximate surface area is 153 Å². The minimum Gasteiger partial charge on any atom is -0.462 e. The van der Waals surface area contributed by atoms with Crippen molar-refractivity contribution in [2.24, 2.45) is 0 Å². The smallest absolute Gasteiger partial charge is 0.407 e.